The van der Waals surface area contributed by atoms with Gasteiger partial charge in [-0.25, -0.2) is 9.13 Å². The van der Waals surface area contributed by atoms with Crippen LogP contribution in [0.4, 0.5) is 4.39 Å². The first-order valence-electron chi connectivity index (χ1n) is 34.1. The number of fused-ring (bicyclic) bond motifs is 31. The van der Waals surface area contributed by atoms with Gasteiger partial charge < -0.3 is 13.2 Å². The molecule has 10 nitrogen and oxygen atoms in total. The van der Waals surface area contributed by atoms with Crippen LogP contribution in [0, 0.1) is 30.9 Å². The van der Waals surface area contributed by atoms with E-state index in [1.165, 1.54) is 121 Å². The standard InChI is InChI=1S/2C20H13N2.C19H11N2.C16H11N2.C15H8FN2.3Ir/c1-2-9-16-14(7-1)15-8-5-6-13-12-21-17-10-3-4-11-18(17)22(16)20(21)19(13)15;1-13-10-11-17-19(12-13)22-18-9-5-4-7-15(18)14-6-2-3-8-16(14)20(22)21-17;1-2-9-15-13(7-1)14-8-3-5-11-17(14)21-18-12-6-4-10-16(18)20-19(15)21;1-2-7-14-12(5-1)13-6-3-4-11-10-17-8-9-18(14)16(17)15(11)13;16-10-5-6-12-13(9-10)11-3-1-2-4-14(11)18-8-7-17-15(12)18;;;/h1-11H,12H2;2-7,9-12H,1H3;1-8,10-12H;1-9H,10H2;1-5,7-9H;;;/q+1;2*-1;+1;-1;;;. The van der Waals surface area contributed by atoms with E-state index in [2.05, 4.69) is 275 Å². The van der Waals surface area contributed by atoms with Crippen molar-refractivity contribution in [2.24, 2.45) is 0 Å². The Bertz CT molecular complexity index is 7470. The van der Waals surface area contributed by atoms with Crippen molar-refractivity contribution in [2.45, 2.75) is 20.0 Å². The molecule has 0 atom stereocenters. The molecule has 0 unspecified atom stereocenters. The molecule has 104 heavy (non-hydrogen) atoms. The first-order valence-corrected chi connectivity index (χ1v) is 34.1. The van der Waals surface area contributed by atoms with E-state index >= 15 is 0 Å². The maximum absolute atomic E-state index is 13.4. The minimum atomic E-state index is -0.274. The molecule has 0 saturated carbocycles. The molecule has 2 aliphatic rings. The number of imidazole rings is 5. The fourth-order valence-electron chi connectivity index (χ4n) is 16.5. The van der Waals surface area contributed by atoms with Gasteiger partial charge in [0.2, 0.25) is 0 Å². The molecule has 0 bridgehead atoms. The Morgan fingerprint density at radius 1 is 0.375 bits per heavy atom. The Morgan fingerprint density at radius 2 is 0.856 bits per heavy atom. The number of hydrogen-bond donors (Lipinski definition) is 0. The van der Waals surface area contributed by atoms with E-state index in [-0.39, 0.29) is 66.1 Å². The molecule has 0 amide bonds. The molecule has 0 spiro atoms. The first kappa shape index (κ1) is 64.7. The zero-order chi connectivity index (χ0) is 66.6. The average Bonchev–Trinajstić information content (AvgIpc) is 1.53. The summed E-state index contributed by atoms with van der Waals surface area (Å²) in [5, 5.41) is 18.0. The number of hydrogen-bond acceptors (Lipinski definition) is 3. The number of pyridine rings is 5. The van der Waals surface area contributed by atoms with Gasteiger partial charge in [-0.05, 0) is 95.4 Å². The van der Waals surface area contributed by atoms with Gasteiger partial charge in [0.25, 0.3) is 11.3 Å². The average molecular weight is 1870 g/mol. The van der Waals surface area contributed by atoms with Crippen molar-refractivity contribution in [1.82, 2.24) is 37.0 Å². The van der Waals surface area contributed by atoms with Crippen LogP contribution in [0.1, 0.15) is 16.7 Å². The van der Waals surface area contributed by atoms with Crippen molar-refractivity contribution < 1.29 is 73.8 Å². The quantitative estimate of drug-likeness (QED) is 0.0863. The van der Waals surface area contributed by atoms with E-state index < -0.39 is 0 Å². The Hall–Kier alpha value is -11.4. The van der Waals surface area contributed by atoms with E-state index in [0.29, 0.717) is 0 Å². The number of aromatic nitrogens is 10. The molecule has 0 saturated heterocycles. The van der Waals surface area contributed by atoms with E-state index in [0.717, 1.165) is 84.5 Å². The smallest absolute Gasteiger partial charge is 0.296 e. The molecule has 0 N–H and O–H groups in total. The third-order valence-corrected chi connectivity index (χ3v) is 20.7. The van der Waals surface area contributed by atoms with E-state index in [9.17, 15) is 4.39 Å². The maximum atomic E-state index is 13.4. The largest absolute Gasteiger partial charge is 0.340 e. The van der Waals surface area contributed by atoms with Crippen LogP contribution in [0.3, 0.4) is 0 Å². The number of benzene rings is 13. The van der Waals surface area contributed by atoms with Crippen LogP contribution in [0.25, 0.3) is 170 Å². The van der Waals surface area contributed by atoms with Crippen LogP contribution in [-0.4, -0.2) is 37.0 Å². The van der Waals surface area contributed by atoms with Crippen LogP contribution in [-0.2, 0) is 73.4 Å². The molecule has 14 heteroatoms. The second-order valence-corrected chi connectivity index (χ2v) is 26.3. The molecule has 0 fully saturated rings. The van der Waals surface area contributed by atoms with Crippen LogP contribution in [0.15, 0.2) is 298 Å². The van der Waals surface area contributed by atoms with Gasteiger partial charge in [-0.15, -0.1) is 77.5 Å². The van der Waals surface area contributed by atoms with E-state index in [4.69, 9.17) is 9.97 Å². The number of para-hydroxylation sites is 9. The van der Waals surface area contributed by atoms with Crippen molar-refractivity contribution in [3.63, 3.8) is 0 Å². The van der Waals surface area contributed by atoms with Gasteiger partial charge in [-0.2, -0.15) is 8.80 Å². The van der Waals surface area contributed by atoms with Crippen molar-refractivity contribution in [1.29, 1.82) is 0 Å². The Morgan fingerprint density at radius 3 is 1.51 bits per heavy atom. The van der Waals surface area contributed by atoms with E-state index in [1.807, 2.05) is 65.2 Å². The fourth-order valence-corrected chi connectivity index (χ4v) is 16.5. The van der Waals surface area contributed by atoms with Crippen LogP contribution in [0.2, 0.25) is 0 Å². The Kier molecular flexibility index (Phi) is 15.9. The molecule has 2 aliphatic heterocycles. The monoisotopic (exact) mass is 1870 g/mol. The molecule has 13 aromatic carbocycles. The maximum Gasteiger partial charge on any atom is 0.296 e. The SMILES string of the molecule is Cc1ccc2nc3c4[c-]cccc4c4ccccc4n3c2c1.Fc1c[c-]c2c(c1)c1ccccc1n1ccnc21.[Ir].[Ir].[Ir].[c-]1cccc2c1c1nc3ccccc3n1c1ccccc21.c1cc2c3c(c1)c1ccccc1n1c4ccccc4[n+](c31)C2.c1cc2c3c(c1)c1ccccc1n1cc[n+](c31)C2. The van der Waals surface area contributed by atoms with Crippen LogP contribution in [0.5, 0.6) is 0 Å². The molecule has 3 radical (unpaired) electrons. The molecule has 12 heterocycles. The van der Waals surface area contributed by atoms with Crippen LogP contribution < -0.4 is 9.13 Å². The second-order valence-electron chi connectivity index (χ2n) is 26.3. The molecule has 25 rings (SSSR count). The minimum Gasteiger partial charge on any atom is -0.340 e. The zero-order valence-electron chi connectivity index (χ0n) is 55.6. The summed E-state index contributed by atoms with van der Waals surface area (Å²) in [6.45, 7) is 4.09. The predicted octanol–water partition coefficient (Wildman–Crippen LogP) is 20.0. The second kappa shape index (κ2) is 25.5. The van der Waals surface area contributed by atoms with E-state index in [1.54, 1.807) is 12.3 Å². The summed E-state index contributed by atoms with van der Waals surface area (Å²) in [5.74, 6) is -0.274. The molecular formula is C90H56FIr3N10-. The van der Waals surface area contributed by atoms with Crippen molar-refractivity contribution in [3.05, 3.63) is 338 Å². The first-order chi connectivity index (χ1) is 50.0. The number of aryl methyl sites for hydroxylation is 1. The molecule has 10 aromatic heterocycles. The zero-order valence-corrected chi connectivity index (χ0v) is 62.7. The minimum absolute atomic E-state index is 0. The third-order valence-electron chi connectivity index (χ3n) is 20.7. The van der Waals surface area contributed by atoms with Gasteiger partial charge >= 0.3 is 0 Å². The number of nitrogens with zero attached hydrogens (tertiary/aromatic N) is 10. The van der Waals surface area contributed by atoms with Crippen LogP contribution >= 0.6 is 0 Å². The van der Waals surface area contributed by atoms with Crippen molar-refractivity contribution in [3.8, 4) is 0 Å². The topological polar surface area (TPSA) is 68.5 Å². The van der Waals surface area contributed by atoms with Crippen molar-refractivity contribution in [2.75, 3.05) is 0 Å². The number of rotatable bonds is 0. The summed E-state index contributed by atoms with van der Waals surface area (Å²) in [7, 11) is 0. The van der Waals surface area contributed by atoms with Gasteiger partial charge in [0.05, 0.1) is 49.8 Å². The van der Waals surface area contributed by atoms with Gasteiger partial charge in [0.1, 0.15) is 36.5 Å². The summed E-state index contributed by atoms with van der Waals surface area (Å²) in [4.78, 5) is 14.0. The van der Waals surface area contributed by atoms with Gasteiger partial charge in [-0.1, -0.05) is 179 Å². The molecule has 0 aliphatic carbocycles. The molecular weight excluding hydrogens is 1820 g/mol. The summed E-state index contributed by atoms with van der Waals surface area (Å²) in [6, 6.07) is 104. The molecule has 501 valence electrons. The van der Waals surface area contributed by atoms with Gasteiger partial charge in [0.15, 0.2) is 11.0 Å². The summed E-state index contributed by atoms with van der Waals surface area (Å²) in [6.07, 6.45) is 8.01. The molecule has 23 aromatic rings. The number of halogens is 1. The Labute approximate surface area is 633 Å². The van der Waals surface area contributed by atoms with Crippen molar-refractivity contribution >= 4 is 170 Å². The summed E-state index contributed by atoms with van der Waals surface area (Å²) in [5.41, 5.74) is 22.5. The predicted molar refractivity (Wildman–Crippen MR) is 408 cm³/mol. The summed E-state index contributed by atoms with van der Waals surface area (Å²) < 4.78 is 29.5. The third kappa shape index (κ3) is 9.78. The fraction of sp³-hybridized carbons (Fsp3) is 0.0333. The van der Waals surface area contributed by atoms with Gasteiger partial charge in [0, 0.05) is 128 Å². The van der Waals surface area contributed by atoms with Gasteiger partial charge in [-0.3, -0.25) is 19.3 Å². The Balaban J connectivity index is 0.0000000922. The normalized spacial score (nSPS) is 12.0. The summed E-state index contributed by atoms with van der Waals surface area (Å²) >= 11 is 0.